The van der Waals surface area contributed by atoms with Gasteiger partial charge in [0.2, 0.25) is 0 Å². The smallest absolute Gasteiger partial charge is 0.142 e. The van der Waals surface area contributed by atoms with Crippen LogP contribution < -0.4 is 0 Å². The van der Waals surface area contributed by atoms with E-state index < -0.39 is 0 Å². The van der Waals surface area contributed by atoms with Crippen LogP contribution in [-0.4, -0.2) is 10.2 Å². The fourth-order valence-electron chi connectivity index (χ4n) is 0.873. The third-order valence-corrected chi connectivity index (χ3v) is 1.47. The number of nitrogens with one attached hydrogen (secondary N) is 1. The van der Waals surface area contributed by atoms with Gasteiger partial charge in [-0.3, -0.25) is 5.10 Å². The van der Waals surface area contributed by atoms with E-state index in [0.29, 0.717) is 5.69 Å². The topological polar surface area (TPSA) is 53.4 Å². The van der Waals surface area contributed by atoms with Crippen LogP contribution in [0, 0.1) is 6.20 Å². The first-order chi connectivity index (χ1) is 6.45. The first kappa shape index (κ1) is 7.67. The number of hydrogen-bond acceptors (Lipinski definition) is 3. The molecule has 2 rings (SSSR count). The van der Waals surface area contributed by atoms with Crippen molar-refractivity contribution in [1.29, 1.82) is 0 Å². The zero-order chi connectivity index (χ0) is 8.93. The van der Waals surface area contributed by atoms with Crippen molar-refractivity contribution < 1.29 is 0 Å². The van der Waals surface area contributed by atoms with Crippen molar-refractivity contribution in [3.05, 3.63) is 42.7 Å². The van der Waals surface area contributed by atoms with Crippen LogP contribution in [0.3, 0.4) is 0 Å². The Morgan fingerprint density at radius 3 is 2.69 bits per heavy atom. The first-order valence-electron chi connectivity index (χ1n) is 3.83. The molecule has 63 valence electrons. The largest absolute Gasteiger partial charge is 0.283 e. The van der Waals surface area contributed by atoms with Crippen LogP contribution in [0.25, 0.3) is 0 Å². The van der Waals surface area contributed by atoms with Gasteiger partial charge in [0.1, 0.15) is 11.9 Å². The van der Waals surface area contributed by atoms with E-state index in [-0.39, 0.29) is 0 Å². The third kappa shape index (κ3) is 1.99. The van der Waals surface area contributed by atoms with E-state index in [1.165, 1.54) is 0 Å². The normalized spacial score (nSPS) is 10.8. The van der Waals surface area contributed by atoms with Crippen LogP contribution in [0.1, 0.15) is 0 Å². The van der Waals surface area contributed by atoms with Crippen molar-refractivity contribution in [3.8, 4) is 0 Å². The van der Waals surface area contributed by atoms with E-state index >= 15 is 0 Å². The van der Waals surface area contributed by atoms with Crippen molar-refractivity contribution >= 4 is 11.4 Å². The van der Waals surface area contributed by atoms with E-state index in [1.54, 1.807) is 6.20 Å². The maximum absolute atomic E-state index is 3.98. The summed E-state index contributed by atoms with van der Waals surface area (Å²) in [6, 6.07) is 9.51. The van der Waals surface area contributed by atoms with E-state index in [1.807, 2.05) is 30.3 Å². The van der Waals surface area contributed by atoms with Gasteiger partial charge in [-0.2, -0.15) is 10.2 Å². The lowest BCUT2D eigenvalue weighted by atomic mass is 10.3. The maximum Gasteiger partial charge on any atom is 0.142 e. The molecular formula is C9H7N4. The average Bonchev–Trinajstić information content (AvgIpc) is 2.69. The lowest BCUT2D eigenvalue weighted by Gasteiger charge is -1.87. The molecule has 1 aromatic carbocycles. The Morgan fingerprint density at radius 1 is 1.15 bits per heavy atom. The zero-order valence-corrected chi connectivity index (χ0v) is 6.81. The molecule has 1 aromatic heterocycles. The van der Waals surface area contributed by atoms with Crippen molar-refractivity contribution in [2.75, 3.05) is 0 Å². The second-order valence-corrected chi connectivity index (χ2v) is 2.42. The Balaban J connectivity index is 2.15. The average molecular weight is 171 g/mol. The summed E-state index contributed by atoms with van der Waals surface area (Å²) in [5.74, 6) is 0. The SMILES string of the molecule is [c]1n[nH]cc1N=Nc1ccccc1. The predicted octanol–water partition coefficient (Wildman–Crippen LogP) is 2.63. The highest BCUT2D eigenvalue weighted by Crippen LogP contribution is 2.14. The van der Waals surface area contributed by atoms with Gasteiger partial charge in [-0.1, -0.05) is 18.2 Å². The van der Waals surface area contributed by atoms with Gasteiger partial charge in [0.05, 0.1) is 11.9 Å². The van der Waals surface area contributed by atoms with E-state index in [4.69, 9.17) is 0 Å². The quantitative estimate of drug-likeness (QED) is 0.694. The van der Waals surface area contributed by atoms with Crippen LogP contribution in [0.4, 0.5) is 11.4 Å². The van der Waals surface area contributed by atoms with Crippen molar-refractivity contribution in [1.82, 2.24) is 10.2 Å². The molecule has 1 radical (unpaired) electrons. The Kier molecular flexibility index (Phi) is 2.14. The van der Waals surface area contributed by atoms with Gasteiger partial charge in [-0.15, -0.1) is 5.11 Å². The zero-order valence-electron chi connectivity index (χ0n) is 6.81. The monoisotopic (exact) mass is 171 g/mol. The minimum Gasteiger partial charge on any atom is -0.283 e. The van der Waals surface area contributed by atoms with Gasteiger partial charge >= 0.3 is 0 Å². The molecule has 0 bridgehead atoms. The molecule has 0 atom stereocenters. The standard InChI is InChI=1S/C9H7N4/c1-2-4-8(5-3-1)12-13-9-6-10-11-7-9/h1-6H,(H,10,11). The molecule has 0 aliphatic heterocycles. The van der Waals surface area contributed by atoms with Crippen LogP contribution >= 0.6 is 0 Å². The molecule has 1 heterocycles. The first-order valence-corrected chi connectivity index (χ1v) is 3.83. The van der Waals surface area contributed by atoms with Crippen LogP contribution in [0.5, 0.6) is 0 Å². The molecule has 0 spiro atoms. The number of rotatable bonds is 2. The van der Waals surface area contributed by atoms with Gasteiger partial charge < -0.3 is 0 Å². The van der Waals surface area contributed by atoms with Crippen LogP contribution in [0.15, 0.2) is 46.8 Å². The molecule has 4 nitrogen and oxygen atoms in total. The summed E-state index contributed by atoms with van der Waals surface area (Å²) in [5, 5.41) is 14.1. The number of nitrogens with zero attached hydrogens (tertiary/aromatic N) is 3. The summed E-state index contributed by atoms with van der Waals surface area (Å²) in [5.41, 5.74) is 1.42. The number of aromatic amines is 1. The Labute approximate surface area is 75.3 Å². The van der Waals surface area contributed by atoms with Crippen molar-refractivity contribution in [2.24, 2.45) is 10.2 Å². The fraction of sp³-hybridized carbons (Fsp3) is 0. The van der Waals surface area contributed by atoms with Gasteiger partial charge in [0.25, 0.3) is 0 Å². The minimum atomic E-state index is 0.601. The predicted molar refractivity (Wildman–Crippen MR) is 48.0 cm³/mol. The lowest BCUT2D eigenvalue weighted by Crippen LogP contribution is -1.60. The van der Waals surface area contributed by atoms with Gasteiger partial charge in [0, 0.05) is 0 Å². The summed E-state index contributed by atoms with van der Waals surface area (Å²) < 4.78 is 0. The highest BCUT2D eigenvalue weighted by Gasteiger charge is 1.89. The fourth-order valence-corrected chi connectivity index (χ4v) is 0.873. The van der Waals surface area contributed by atoms with E-state index in [9.17, 15) is 0 Å². The molecule has 0 fully saturated rings. The van der Waals surface area contributed by atoms with Crippen molar-refractivity contribution in [3.63, 3.8) is 0 Å². The second kappa shape index (κ2) is 3.62. The van der Waals surface area contributed by atoms with Gasteiger partial charge in [-0.25, -0.2) is 0 Å². The summed E-state index contributed by atoms with van der Waals surface area (Å²) in [4.78, 5) is 0. The number of azo groups is 1. The molecule has 0 aliphatic carbocycles. The minimum absolute atomic E-state index is 0.601. The molecule has 0 saturated heterocycles. The highest BCUT2D eigenvalue weighted by atomic mass is 15.2. The number of benzene rings is 1. The van der Waals surface area contributed by atoms with Gasteiger partial charge in [0.15, 0.2) is 0 Å². The Bertz CT molecular complexity index is 377. The van der Waals surface area contributed by atoms with E-state index in [0.717, 1.165) is 5.69 Å². The summed E-state index contributed by atoms with van der Waals surface area (Å²) >= 11 is 0. The van der Waals surface area contributed by atoms with Crippen molar-refractivity contribution in [2.45, 2.75) is 0 Å². The molecule has 0 amide bonds. The lowest BCUT2D eigenvalue weighted by molar-refractivity contribution is 1.08. The molecule has 4 heteroatoms. The molecular weight excluding hydrogens is 164 g/mol. The Morgan fingerprint density at radius 2 is 2.00 bits per heavy atom. The molecule has 0 aliphatic rings. The Hall–Kier alpha value is -1.97. The maximum atomic E-state index is 3.98. The van der Waals surface area contributed by atoms with Crippen LogP contribution in [0.2, 0.25) is 0 Å². The number of hydrogen-bond donors (Lipinski definition) is 1. The summed E-state index contributed by atoms with van der Waals surface area (Å²) in [7, 11) is 0. The second-order valence-electron chi connectivity index (χ2n) is 2.42. The number of aromatic nitrogens is 2. The molecule has 0 saturated carbocycles. The summed E-state index contributed by atoms with van der Waals surface area (Å²) in [6.45, 7) is 0. The van der Waals surface area contributed by atoms with Gasteiger partial charge in [-0.05, 0) is 12.1 Å². The van der Waals surface area contributed by atoms with Crippen LogP contribution in [-0.2, 0) is 0 Å². The summed E-state index contributed by atoms with van der Waals surface area (Å²) in [6.07, 6.45) is 4.27. The third-order valence-electron chi connectivity index (χ3n) is 1.47. The van der Waals surface area contributed by atoms with E-state index in [2.05, 4.69) is 26.6 Å². The molecule has 13 heavy (non-hydrogen) atoms. The molecule has 0 unspecified atom stereocenters. The highest BCUT2D eigenvalue weighted by molar-refractivity contribution is 5.36. The number of H-pyrrole nitrogens is 1. The molecule has 2 aromatic rings. The molecule has 1 N–H and O–H groups in total.